The first kappa shape index (κ1) is 14.4. The summed E-state index contributed by atoms with van der Waals surface area (Å²) in [5.41, 5.74) is 0. The van der Waals surface area contributed by atoms with Crippen molar-refractivity contribution >= 4 is 38.1 Å². The van der Waals surface area contributed by atoms with Crippen molar-refractivity contribution in [2.24, 2.45) is 0 Å². The van der Waals surface area contributed by atoms with Crippen molar-refractivity contribution in [1.82, 2.24) is 5.32 Å². The van der Waals surface area contributed by atoms with E-state index in [1.165, 1.54) is 4.88 Å². The minimum Gasteiger partial charge on any atom is -0.309 e. The number of halogens is 1. The van der Waals surface area contributed by atoms with Gasteiger partial charge in [0.15, 0.2) is 0 Å². The number of hydrogen-bond acceptors (Lipinski definition) is 3. The van der Waals surface area contributed by atoms with Gasteiger partial charge in [0.2, 0.25) is 0 Å². The molecule has 0 aromatic carbocycles. The van der Waals surface area contributed by atoms with Gasteiger partial charge in [0, 0.05) is 43.1 Å². The van der Waals surface area contributed by atoms with Crippen molar-refractivity contribution in [2.45, 2.75) is 31.6 Å². The van der Waals surface area contributed by atoms with Crippen molar-refractivity contribution in [2.75, 3.05) is 12.8 Å². The monoisotopic (exact) mass is 323 g/mol. The molecule has 0 fully saturated rings. The van der Waals surface area contributed by atoms with Crippen LogP contribution < -0.4 is 5.32 Å². The average Bonchev–Trinajstić information content (AvgIpc) is 2.64. The minimum absolute atomic E-state index is 0.273. The quantitative estimate of drug-likeness (QED) is 0.870. The van der Waals surface area contributed by atoms with Crippen molar-refractivity contribution in [3.63, 3.8) is 0 Å². The highest BCUT2D eigenvalue weighted by atomic mass is 79.9. The van der Waals surface area contributed by atoms with Crippen molar-refractivity contribution in [1.29, 1.82) is 0 Å². The van der Waals surface area contributed by atoms with Crippen LogP contribution in [0, 0.1) is 0 Å². The van der Waals surface area contributed by atoms with E-state index in [4.69, 9.17) is 0 Å². The second-order valence-electron chi connectivity index (χ2n) is 3.94. The summed E-state index contributed by atoms with van der Waals surface area (Å²) in [7, 11) is -0.710. The summed E-state index contributed by atoms with van der Waals surface area (Å²) in [5.74, 6) is 0. The summed E-state index contributed by atoms with van der Waals surface area (Å²) >= 11 is 5.21. The van der Waals surface area contributed by atoms with Gasteiger partial charge in [0.25, 0.3) is 0 Å². The summed E-state index contributed by atoms with van der Waals surface area (Å²) in [6.45, 7) is 5.10. The Morgan fingerprint density at radius 1 is 1.56 bits per heavy atom. The third kappa shape index (κ3) is 4.65. The molecular formula is C11H18BrNOS2. The maximum atomic E-state index is 11.2. The summed E-state index contributed by atoms with van der Waals surface area (Å²) in [4.78, 5) is 1.33. The van der Waals surface area contributed by atoms with E-state index in [9.17, 15) is 4.21 Å². The molecule has 1 rings (SSSR count). The van der Waals surface area contributed by atoms with Gasteiger partial charge in [-0.1, -0.05) is 6.92 Å². The summed E-state index contributed by atoms with van der Waals surface area (Å²) in [5, 5.41) is 5.82. The molecule has 92 valence electrons. The lowest BCUT2D eigenvalue weighted by Gasteiger charge is -2.14. The van der Waals surface area contributed by atoms with Gasteiger partial charge in [-0.05, 0) is 41.9 Å². The van der Waals surface area contributed by atoms with Crippen LogP contribution in [0.5, 0.6) is 0 Å². The Morgan fingerprint density at radius 3 is 2.75 bits per heavy atom. The standard InChI is InChI=1S/C11H18BrNOS2/c1-8(16(3)14)4-5-13-9(2)11-6-10(12)7-15-11/h6-9,13H,4-5H2,1-3H3/t8-,9-,16+/m0/s1. The average molecular weight is 324 g/mol. The predicted molar refractivity (Wildman–Crippen MR) is 76.6 cm³/mol. The molecule has 0 amide bonds. The third-order valence-electron chi connectivity index (χ3n) is 2.58. The van der Waals surface area contributed by atoms with Crippen LogP contribution >= 0.6 is 27.3 Å². The lowest BCUT2D eigenvalue weighted by Crippen LogP contribution is -2.23. The predicted octanol–water partition coefficient (Wildman–Crippen LogP) is 3.32. The topological polar surface area (TPSA) is 29.1 Å². The first-order valence-electron chi connectivity index (χ1n) is 5.30. The molecule has 0 saturated heterocycles. The Morgan fingerprint density at radius 2 is 2.25 bits per heavy atom. The minimum atomic E-state index is -0.710. The molecule has 0 spiro atoms. The fourth-order valence-electron chi connectivity index (χ4n) is 1.32. The Hall–Kier alpha value is 0.290. The lowest BCUT2D eigenvalue weighted by atomic mass is 10.2. The molecule has 0 aliphatic carbocycles. The van der Waals surface area contributed by atoms with Gasteiger partial charge in [-0.15, -0.1) is 11.3 Å². The Bertz CT molecular complexity index is 354. The molecular weight excluding hydrogens is 306 g/mol. The van der Waals surface area contributed by atoms with Gasteiger partial charge in [0.1, 0.15) is 0 Å². The summed E-state index contributed by atoms with van der Waals surface area (Å²) < 4.78 is 12.3. The van der Waals surface area contributed by atoms with Crippen LogP contribution in [-0.4, -0.2) is 22.3 Å². The Labute approximate surface area is 112 Å². The molecule has 5 heteroatoms. The molecule has 0 radical (unpaired) electrons. The zero-order valence-corrected chi connectivity index (χ0v) is 13.0. The maximum absolute atomic E-state index is 11.2. The van der Waals surface area contributed by atoms with E-state index in [0.29, 0.717) is 6.04 Å². The van der Waals surface area contributed by atoms with Crippen LogP contribution in [0.4, 0.5) is 0 Å². The second kappa shape index (κ2) is 6.89. The largest absolute Gasteiger partial charge is 0.309 e. The van der Waals surface area contributed by atoms with E-state index in [1.807, 2.05) is 6.92 Å². The molecule has 0 aliphatic heterocycles. The molecule has 1 heterocycles. The first-order chi connectivity index (χ1) is 7.50. The number of nitrogens with one attached hydrogen (secondary N) is 1. The van der Waals surface area contributed by atoms with Crippen molar-refractivity contribution < 1.29 is 4.21 Å². The van der Waals surface area contributed by atoms with E-state index in [0.717, 1.165) is 17.4 Å². The number of hydrogen-bond donors (Lipinski definition) is 1. The van der Waals surface area contributed by atoms with Gasteiger partial charge in [-0.25, -0.2) is 0 Å². The SMILES string of the molecule is C[C@H](NCC[C@H](C)[S@@](C)=O)c1cc(Br)cs1. The molecule has 0 bridgehead atoms. The molecule has 3 atom stereocenters. The number of thiophene rings is 1. The van der Waals surface area contributed by atoms with Crippen LogP contribution in [-0.2, 0) is 10.8 Å². The molecule has 0 unspecified atom stereocenters. The van der Waals surface area contributed by atoms with E-state index in [-0.39, 0.29) is 5.25 Å². The molecule has 0 aliphatic rings. The van der Waals surface area contributed by atoms with Crippen LogP contribution in [0.1, 0.15) is 31.2 Å². The van der Waals surface area contributed by atoms with E-state index in [2.05, 4.69) is 39.6 Å². The van der Waals surface area contributed by atoms with Crippen molar-refractivity contribution in [3.8, 4) is 0 Å². The van der Waals surface area contributed by atoms with E-state index < -0.39 is 10.8 Å². The highest BCUT2D eigenvalue weighted by Crippen LogP contribution is 2.25. The fourth-order valence-corrected chi connectivity index (χ4v) is 3.25. The van der Waals surface area contributed by atoms with Crippen LogP contribution in [0.2, 0.25) is 0 Å². The summed E-state index contributed by atoms with van der Waals surface area (Å²) in [6, 6.07) is 2.51. The van der Waals surface area contributed by atoms with Crippen molar-refractivity contribution in [3.05, 3.63) is 20.8 Å². The highest BCUT2D eigenvalue weighted by molar-refractivity contribution is 9.10. The molecule has 16 heavy (non-hydrogen) atoms. The van der Waals surface area contributed by atoms with E-state index >= 15 is 0 Å². The van der Waals surface area contributed by atoms with E-state index in [1.54, 1.807) is 17.6 Å². The highest BCUT2D eigenvalue weighted by Gasteiger charge is 2.09. The summed E-state index contributed by atoms with van der Waals surface area (Å²) in [6.07, 6.45) is 2.73. The Kier molecular flexibility index (Phi) is 6.18. The molecule has 1 aromatic heterocycles. The van der Waals surface area contributed by atoms with Gasteiger partial charge < -0.3 is 5.32 Å². The number of rotatable bonds is 6. The second-order valence-corrected chi connectivity index (χ2v) is 7.60. The molecule has 1 aromatic rings. The zero-order valence-electron chi connectivity index (χ0n) is 9.83. The smallest absolute Gasteiger partial charge is 0.0386 e. The maximum Gasteiger partial charge on any atom is 0.0386 e. The van der Waals surface area contributed by atoms with Crippen LogP contribution in [0.25, 0.3) is 0 Å². The lowest BCUT2D eigenvalue weighted by molar-refractivity contribution is 0.560. The van der Waals surface area contributed by atoms with Crippen LogP contribution in [0.15, 0.2) is 15.9 Å². The Balaban J connectivity index is 2.30. The zero-order chi connectivity index (χ0) is 12.1. The van der Waals surface area contributed by atoms with Crippen LogP contribution in [0.3, 0.4) is 0 Å². The first-order valence-corrected chi connectivity index (χ1v) is 8.59. The normalized spacial score (nSPS) is 17.0. The van der Waals surface area contributed by atoms with Gasteiger partial charge in [0.05, 0.1) is 0 Å². The fraction of sp³-hybridized carbons (Fsp3) is 0.636. The molecule has 0 saturated carbocycles. The molecule has 2 nitrogen and oxygen atoms in total. The van der Waals surface area contributed by atoms with Gasteiger partial charge in [-0.3, -0.25) is 4.21 Å². The molecule has 1 N–H and O–H groups in total. The third-order valence-corrected chi connectivity index (χ3v) is 5.83. The van der Waals surface area contributed by atoms with Gasteiger partial charge in [-0.2, -0.15) is 0 Å². The van der Waals surface area contributed by atoms with Gasteiger partial charge >= 0.3 is 0 Å².